The molecule has 0 aromatic rings. The van der Waals surface area contributed by atoms with Gasteiger partial charge in [0.2, 0.25) is 6.10 Å². The van der Waals surface area contributed by atoms with Crippen molar-refractivity contribution in [1.82, 2.24) is 4.90 Å². The van der Waals surface area contributed by atoms with Crippen molar-refractivity contribution in [2.75, 3.05) is 19.7 Å². The molecular weight excluding hydrogens is 240 g/mol. The number of oxime groups is 1. The first kappa shape index (κ1) is 12.8. The Morgan fingerprint density at radius 2 is 2.06 bits per heavy atom. The predicted octanol–water partition coefficient (Wildman–Crippen LogP) is -0.553. The number of hydrogen-bond donors (Lipinski definition) is 2. The van der Waals surface area contributed by atoms with Crippen LogP contribution in [-0.4, -0.2) is 58.5 Å². The second-order valence-corrected chi connectivity index (χ2v) is 4.59. The van der Waals surface area contributed by atoms with Crippen LogP contribution in [0.5, 0.6) is 0 Å². The summed E-state index contributed by atoms with van der Waals surface area (Å²) < 4.78 is 0. The average Bonchev–Trinajstić information content (AvgIpc) is 2.88. The molecule has 100 valence electrons. The number of nitrogens with zero attached hydrogens (tertiary/aromatic N) is 2. The van der Waals surface area contributed by atoms with Crippen molar-refractivity contribution in [2.45, 2.75) is 25.4 Å². The number of likely N-dealkylation sites (tertiary alicyclic amines) is 1. The summed E-state index contributed by atoms with van der Waals surface area (Å²) in [5.74, 6) is -1.11. The number of rotatable bonds is 3. The van der Waals surface area contributed by atoms with Gasteiger partial charge in [-0.25, -0.2) is 4.79 Å². The van der Waals surface area contributed by atoms with Gasteiger partial charge in [-0.3, -0.25) is 4.79 Å². The highest BCUT2D eigenvalue weighted by atomic mass is 16.6. The Labute approximate surface area is 104 Å². The van der Waals surface area contributed by atoms with Crippen molar-refractivity contribution in [3.05, 3.63) is 0 Å². The third-order valence-corrected chi connectivity index (χ3v) is 3.38. The Morgan fingerprint density at radius 3 is 2.56 bits per heavy atom. The van der Waals surface area contributed by atoms with Gasteiger partial charge in [0, 0.05) is 26.1 Å². The molecule has 7 heteroatoms. The Morgan fingerprint density at radius 1 is 1.39 bits per heavy atom. The van der Waals surface area contributed by atoms with E-state index in [1.807, 2.05) is 0 Å². The number of aliphatic hydroxyl groups is 1. The third-order valence-electron chi connectivity index (χ3n) is 3.38. The fourth-order valence-electron chi connectivity index (χ4n) is 2.18. The van der Waals surface area contributed by atoms with Gasteiger partial charge in [-0.2, -0.15) is 0 Å². The first-order valence-corrected chi connectivity index (χ1v) is 5.97. The molecule has 1 atom stereocenters. The van der Waals surface area contributed by atoms with E-state index in [0.717, 1.165) is 12.8 Å². The van der Waals surface area contributed by atoms with Gasteiger partial charge in [0.25, 0.3) is 5.91 Å². The number of piperidine rings is 1. The first-order chi connectivity index (χ1) is 8.61. The lowest BCUT2D eigenvalue weighted by Gasteiger charge is -2.32. The SMILES string of the molecule is O=C(O)C1=NOC(C(=O)N2CCC(CO)CC2)C1. The molecule has 1 unspecified atom stereocenters. The summed E-state index contributed by atoms with van der Waals surface area (Å²) in [4.78, 5) is 29.2. The van der Waals surface area contributed by atoms with E-state index in [9.17, 15) is 9.59 Å². The van der Waals surface area contributed by atoms with Crippen LogP contribution in [0.2, 0.25) is 0 Å². The van der Waals surface area contributed by atoms with E-state index in [2.05, 4.69) is 5.16 Å². The van der Waals surface area contributed by atoms with Crippen molar-refractivity contribution in [2.24, 2.45) is 11.1 Å². The van der Waals surface area contributed by atoms with Crippen LogP contribution in [0.4, 0.5) is 0 Å². The molecule has 0 aromatic heterocycles. The number of amides is 1. The fraction of sp³-hybridized carbons (Fsp3) is 0.727. The first-order valence-electron chi connectivity index (χ1n) is 5.97. The molecule has 0 saturated carbocycles. The van der Waals surface area contributed by atoms with Gasteiger partial charge in [-0.05, 0) is 18.8 Å². The number of aliphatic carboxylic acids is 1. The van der Waals surface area contributed by atoms with Crippen LogP contribution < -0.4 is 0 Å². The van der Waals surface area contributed by atoms with E-state index in [1.165, 1.54) is 0 Å². The zero-order chi connectivity index (χ0) is 13.1. The number of carbonyl (C=O) groups excluding carboxylic acids is 1. The molecule has 0 bridgehead atoms. The summed E-state index contributed by atoms with van der Waals surface area (Å²) in [5, 5.41) is 21.1. The number of aliphatic hydroxyl groups excluding tert-OH is 1. The smallest absolute Gasteiger partial charge is 0.353 e. The number of carboxylic acids is 1. The average molecular weight is 256 g/mol. The van der Waals surface area contributed by atoms with E-state index in [0.29, 0.717) is 13.1 Å². The molecule has 0 radical (unpaired) electrons. The Balaban J connectivity index is 1.85. The molecule has 1 amide bonds. The highest BCUT2D eigenvalue weighted by Gasteiger charge is 2.35. The Bertz CT molecular complexity index is 374. The zero-order valence-electron chi connectivity index (χ0n) is 9.91. The molecule has 2 heterocycles. The molecule has 0 aromatic carbocycles. The van der Waals surface area contributed by atoms with Crippen LogP contribution in [0.3, 0.4) is 0 Å². The molecule has 2 aliphatic rings. The van der Waals surface area contributed by atoms with Crippen LogP contribution in [-0.2, 0) is 14.4 Å². The summed E-state index contributed by atoms with van der Waals surface area (Å²) in [5.41, 5.74) is -0.112. The molecular formula is C11H16N2O5. The van der Waals surface area contributed by atoms with Gasteiger partial charge in [0.1, 0.15) is 0 Å². The Kier molecular flexibility index (Phi) is 3.81. The molecule has 18 heavy (non-hydrogen) atoms. The van der Waals surface area contributed by atoms with Crippen LogP contribution in [0.25, 0.3) is 0 Å². The molecule has 0 aliphatic carbocycles. The van der Waals surface area contributed by atoms with Crippen molar-refractivity contribution < 1.29 is 24.6 Å². The van der Waals surface area contributed by atoms with Crippen LogP contribution >= 0.6 is 0 Å². The molecule has 1 saturated heterocycles. The van der Waals surface area contributed by atoms with Gasteiger partial charge in [0.15, 0.2) is 5.71 Å². The summed E-state index contributed by atoms with van der Waals surface area (Å²) in [6.07, 6.45) is 0.749. The molecule has 2 rings (SSSR count). The summed E-state index contributed by atoms with van der Waals surface area (Å²) in [7, 11) is 0. The lowest BCUT2D eigenvalue weighted by molar-refractivity contribution is -0.143. The quantitative estimate of drug-likeness (QED) is 0.705. The minimum absolute atomic E-state index is 0.0219. The number of carboxylic acid groups (broad SMARTS) is 1. The van der Waals surface area contributed by atoms with Gasteiger partial charge in [-0.15, -0.1) is 0 Å². The topological polar surface area (TPSA) is 99.4 Å². The van der Waals surface area contributed by atoms with Crippen molar-refractivity contribution >= 4 is 17.6 Å². The molecule has 1 fully saturated rings. The van der Waals surface area contributed by atoms with E-state index in [1.54, 1.807) is 4.90 Å². The summed E-state index contributed by atoms with van der Waals surface area (Å²) >= 11 is 0. The maximum absolute atomic E-state index is 12.0. The van der Waals surface area contributed by atoms with Crippen LogP contribution in [0.15, 0.2) is 5.16 Å². The predicted molar refractivity (Wildman–Crippen MR) is 61.0 cm³/mol. The summed E-state index contributed by atoms with van der Waals surface area (Å²) in [6.45, 7) is 1.30. The molecule has 2 aliphatic heterocycles. The highest BCUT2D eigenvalue weighted by molar-refractivity contribution is 6.36. The van der Waals surface area contributed by atoms with Gasteiger partial charge in [-0.1, -0.05) is 5.16 Å². The van der Waals surface area contributed by atoms with Gasteiger partial charge in [0.05, 0.1) is 0 Å². The van der Waals surface area contributed by atoms with Gasteiger partial charge >= 0.3 is 5.97 Å². The lowest BCUT2D eigenvalue weighted by Crippen LogP contribution is -2.44. The maximum atomic E-state index is 12.0. The number of hydrogen-bond acceptors (Lipinski definition) is 5. The van der Waals surface area contributed by atoms with Crippen molar-refractivity contribution in [3.63, 3.8) is 0 Å². The van der Waals surface area contributed by atoms with Crippen molar-refractivity contribution in [3.8, 4) is 0 Å². The standard InChI is InChI=1S/C11H16N2O5/c14-6-7-1-3-13(4-2-7)10(15)9-5-8(11(16)17)12-18-9/h7,9,14H,1-6H2,(H,16,17). The largest absolute Gasteiger partial charge is 0.477 e. The van der Waals surface area contributed by atoms with Gasteiger partial charge < -0.3 is 20.0 Å². The molecule has 7 nitrogen and oxygen atoms in total. The normalized spacial score (nSPS) is 24.6. The van der Waals surface area contributed by atoms with E-state index in [-0.39, 0.29) is 30.6 Å². The minimum atomic E-state index is -1.15. The monoisotopic (exact) mass is 256 g/mol. The van der Waals surface area contributed by atoms with Crippen molar-refractivity contribution in [1.29, 1.82) is 0 Å². The highest BCUT2D eigenvalue weighted by Crippen LogP contribution is 2.20. The van der Waals surface area contributed by atoms with E-state index in [4.69, 9.17) is 15.1 Å². The number of carbonyl (C=O) groups is 2. The fourth-order valence-corrected chi connectivity index (χ4v) is 2.18. The van der Waals surface area contributed by atoms with E-state index < -0.39 is 12.1 Å². The third kappa shape index (κ3) is 2.61. The minimum Gasteiger partial charge on any atom is -0.477 e. The van der Waals surface area contributed by atoms with Crippen LogP contribution in [0, 0.1) is 5.92 Å². The molecule has 2 N–H and O–H groups in total. The lowest BCUT2D eigenvalue weighted by atomic mass is 9.97. The maximum Gasteiger partial charge on any atom is 0.353 e. The second kappa shape index (κ2) is 5.34. The summed E-state index contributed by atoms with van der Waals surface area (Å²) in [6, 6.07) is 0. The molecule has 0 spiro atoms. The Hall–Kier alpha value is -1.63. The van der Waals surface area contributed by atoms with E-state index >= 15 is 0 Å². The van der Waals surface area contributed by atoms with Crippen LogP contribution in [0.1, 0.15) is 19.3 Å². The second-order valence-electron chi connectivity index (χ2n) is 4.59. The zero-order valence-corrected chi connectivity index (χ0v) is 9.91.